The zero-order valence-electron chi connectivity index (χ0n) is 6.77. The highest BCUT2D eigenvalue weighted by Crippen LogP contribution is 2.15. The maximum Gasteiger partial charge on any atom is 0.223 e. The van der Waals surface area contributed by atoms with E-state index < -0.39 is 0 Å². The monoisotopic (exact) mass is 175 g/mol. The van der Waals surface area contributed by atoms with Crippen LogP contribution in [0, 0.1) is 18.3 Å². The fourth-order valence-electron chi connectivity index (χ4n) is 0.950. The van der Waals surface area contributed by atoms with Gasteiger partial charge in [-0.2, -0.15) is 10.2 Å². The summed E-state index contributed by atoms with van der Waals surface area (Å²) in [7, 11) is 0. The average molecular weight is 175 g/mol. The van der Waals surface area contributed by atoms with Crippen molar-refractivity contribution in [2.24, 2.45) is 0 Å². The van der Waals surface area contributed by atoms with E-state index in [-0.39, 0.29) is 5.69 Å². The van der Waals surface area contributed by atoms with Crippen LogP contribution in [0.5, 0.6) is 0 Å². The van der Waals surface area contributed by atoms with Gasteiger partial charge in [-0.1, -0.05) is 5.16 Å². The molecule has 0 aromatic carbocycles. The van der Waals surface area contributed by atoms with E-state index in [1.165, 1.54) is 6.33 Å². The highest BCUT2D eigenvalue weighted by atomic mass is 16.5. The van der Waals surface area contributed by atoms with Gasteiger partial charge in [-0.3, -0.25) is 0 Å². The standard InChI is InChI=1S/C7H5N5O/c1-4-11-7(12-13-4)6-5(2-8)9-3-10-6/h3H,1H3,(H,9,10). The lowest BCUT2D eigenvalue weighted by Crippen LogP contribution is -1.84. The van der Waals surface area contributed by atoms with Crippen LogP contribution in [0.1, 0.15) is 11.6 Å². The first-order valence-corrected chi connectivity index (χ1v) is 3.55. The number of hydrogen-bond donors (Lipinski definition) is 1. The van der Waals surface area contributed by atoms with Crippen LogP contribution in [-0.4, -0.2) is 20.1 Å². The van der Waals surface area contributed by atoms with Gasteiger partial charge in [0.25, 0.3) is 0 Å². The molecular formula is C7H5N5O. The van der Waals surface area contributed by atoms with Crippen molar-refractivity contribution in [1.82, 2.24) is 20.1 Å². The van der Waals surface area contributed by atoms with E-state index in [1.54, 1.807) is 6.92 Å². The summed E-state index contributed by atoms with van der Waals surface area (Å²) in [4.78, 5) is 10.5. The first kappa shape index (κ1) is 7.49. The molecule has 0 spiro atoms. The second-order valence-corrected chi connectivity index (χ2v) is 2.37. The Balaban J connectivity index is 2.53. The van der Waals surface area contributed by atoms with E-state index in [0.29, 0.717) is 17.4 Å². The van der Waals surface area contributed by atoms with Gasteiger partial charge in [0.2, 0.25) is 11.7 Å². The van der Waals surface area contributed by atoms with E-state index in [2.05, 4.69) is 20.1 Å². The lowest BCUT2D eigenvalue weighted by molar-refractivity contribution is 0.394. The molecule has 0 aliphatic heterocycles. The fourth-order valence-corrected chi connectivity index (χ4v) is 0.950. The summed E-state index contributed by atoms with van der Waals surface area (Å²) in [6.07, 6.45) is 1.42. The summed E-state index contributed by atoms with van der Waals surface area (Å²) >= 11 is 0. The SMILES string of the molecule is Cc1nc(-c2[nH]cnc2C#N)no1. The zero-order chi connectivity index (χ0) is 9.26. The van der Waals surface area contributed by atoms with Crippen molar-refractivity contribution in [2.45, 2.75) is 6.92 Å². The molecule has 0 atom stereocenters. The van der Waals surface area contributed by atoms with Crippen molar-refractivity contribution >= 4 is 0 Å². The summed E-state index contributed by atoms with van der Waals surface area (Å²) in [5.74, 6) is 0.806. The summed E-state index contributed by atoms with van der Waals surface area (Å²) in [6.45, 7) is 1.68. The molecule has 64 valence electrons. The van der Waals surface area contributed by atoms with E-state index >= 15 is 0 Å². The van der Waals surface area contributed by atoms with Gasteiger partial charge in [0.1, 0.15) is 11.8 Å². The Bertz CT molecular complexity index is 463. The van der Waals surface area contributed by atoms with E-state index in [9.17, 15) is 0 Å². The van der Waals surface area contributed by atoms with Gasteiger partial charge in [-0.25, -0.2) is 4.98 Å². The van der Waals surface area contributed by atoms with Crippen LogP contribution in [0.4, 0.5) is 0 Å². The number of aromatic amines is 1. The van der Waals surface area contributed by atoms with Crippen LogP contribution in [0.25, 0.3) is 11.5 Å². The third kappa shape index (κ3) is 1.16. The van der Waals surface area contributed by atoms with Gasteiger partial charge in [0.15, 0.2) is 5.69 Å². The summed E-state index contributed by atoms with van der Waals surface area (Å²) in [5, 5.41) is 12.3. The van der Waals surface area contributed by atoms with Crippen LogP contribution >= 0.6 is 0 Å². The molecular weight excluding hydrogens is 170 g/mol. The number of aromatic nitrogens is 4. The van der Waals surface area contributed by atoms with Gasteiger partial charge in [-0.15, -0.1) is 0 Å². The third-order valence-corrected chi connectivity index (χ3v) is 1.50. The number of nitrogens with zero attached hydrogens (tertiary/aromatic N) is 4. The van der Waals surface area contributed by atoms with Crippen molar-refractivity contribution < 1.29 is 4.52 Å². The molecule has 2 aromatic heterocycles. The summed E-state index contributed by atoms with van der Waals surface area (Å²) in [5.41, 5.74) is 0.750. The topological polar surface area (TPSA) is 91.4 Å². The Hall–Kier alpha value is -2.16. The molecule has 6 nitrogen and oxygen atoms in total. The number of H-pyrrole nitrogens is 1. The van der Waals surface area contributed by atoms with Crippen molar-refractivity contribution in [2.75, 3.05) is 0 Å². The van der Waals surface area contributed by atoms with Crippen molar-refractivity contribution in [1.29, 1.82) is 5.26 Å². The van der Waals surface area contributed by atoms with Crippen LogP contribution in [0.15, 0.2) is 10.9 Å². The van der Waals surface area contributed by atoms with Gasteiger partial charge in [-0.05, 0) is 0 Å². The molecule has 2 aromatic rings. The number of rotatable bonds is 1. The normalized spacial score (nSPS) is 9.85. The minimum atomic E-state index is 0.265. The average Bonchev–Trinajstić information content (AvgIpc) is 2.71. The van der Waals surface area contributed by atoms with Gasteiger partial charge in [0.05, 0.1) is 6.33 Å². The maximum absolute atomic E-state index is 8.66. The van der Waals surface area contributed by atoms with Crippen LogP contribution < -0.4 is 0 Å². The Morgan fingerprint density at radius 2 is 2.46 bits per heavy atom. The lowest BCUT2D eigenvalue weighted by Gasteiger charge is -1.85. The zero-order valence-corrected chi connectivity index (χ0v) is 6.77. The third-order valence-electron chi connectivity index (χ3n) is 1.50. The molecule has 0 unspecified atom stereocenters. The Labute approximate surface area is 73.2 Å². The van der Waals surface area contributed by atoms with Crippen LogP contribution in [0.3, 0.4) is 0 Å². The second kappa shape index (κ2) is 2.71. The molecule has 0 saturated carbocycles. The van der Waals surface area contributed by atoms with Crippen molar-refractivity contribution in [3.63, 3.8) is 0 Å². The molecule has 0 amide bonds. The van der Waals surface area contributed by atoms with Crippen molar-refractivity contribution in [3.8, 4) is 17.6 Å². The predicted molar refractivity (Wildman–Crippen MR) is 41.3 cm³/mol. The summed E-state index contributed by atoms with van der Waals surface area (Å²) in [6, 6.07) is 1.92. The molecule has 2 rings (SSSR count). The Morgan fingerprint density at radius 3 is 3.08 bits per heavy atom. The Kier molecular flexibility index (Phi) is 1.56. The highest BCUT2D eigenvalue weighted by molar-refractivity contribution is 5.56. The molecule has 0 radical (unpaired) electrons. The fraction of sp³-hybridized carbons (Fsp3) is 0.143. The molecule has 0 fully saturated rings. The minimum Gasteiger partial charge on any atom is -0.341 e. The number of aryl methyl sites for hydroxylation is 1. The van der Waals surface area contributed by atoms with Crippen LogP contribution in [-0.2, 0) is 0 Å². The number of nitriles is 1. The van der Waals surface area contributed by atoms with E-state index in [1.807, 2.05) is 6.07 Å². The maximum atomic E-state index is 8.66. The number of nitrogens with one attached hydrogen (secondary N) is 1. The Morgan fingerprint density at radius 1 is 1.62 bits per heavy atom. The predicted octanol–water partition coefficient (Wildman–Crippen LogP) is 0.640. The molecule has 2 heterocycles. The van der Waals surface area contributed by atoms with Crippen LogP contribution in [0.2, 0.25) is 0 Å². The quantitative estimate of drug-likeness (QED) is 0.686. The van der Waals surface area contributed by atoms with Crippen molar-refractivity contribution in [3.05, 3.63) is 17.9 Å². The first-order chi connectivity index (χ1) is 6.31. The van der Waals surface area contributed by atoms with Gasteiger partial charge >= 0.3 is 0 Å². The molecule has 6 heteroatoms. The molecule has 0 bridgehead atoms. The van der Waals surface area contributed by atoms with Gasteiger partial charge in [0, 0.05) is 6.92 Å². The van der Waals surface area contributed by atoms with Gasteiger partial charge < -0.3 is 9.51 Å². The highest BCUT2D eigenvalue weighted by Gasteiger charge is 2.12. The number of hydrogen-bond acceptors (Lipinski definition) is 5. The number of imidazole rings is 1. The lowest BCUT2D eigenvalue weighted by atomic mass is 10.3. The smallest absolute Gasteiger partial charge is 0.223 e. The summed E-state index contributed by atoms with van der Waals surface area (Å²) < 4.78 is 4.77. The molecule has 13 heavy (non-hydrogen) atoms. The van der Waals surface area contributed by atoms with E-state index in [0.717, 1.165) is 0 Å². The molecule has 0 aliphatic rings. The molecule has 1 N–H and O–H groups in total. The second-order valence-electron chi connectivity index (χ2n) is 2.37. The molecule has 0 aliphatic carbocycles. The minimum absolute atomic E-state index is 0.265. The van der Waals surface area contributed by atoms with E-state index in [4.69, 9.17) is 9.78 Å². The molecule has 0 saturated heterocycles. The first-order valence-electron chi connectivity index (χ1n) is 3.55. The largest absolute Gasteiger partial charge is 0.341 e.